The Morgan fingerprint density at radius 1 is 1.15 bits per heavy atom. The molecule has 6 nitrogen and oxygen atoms in total. The van der Waals surface area contributed by atoms with E-state index in [9.17, 15) is 26.4 Å². The third-order valence-electron chi connectivity index (χ3n) is 3.70. The number of sulfonamides is 1. The Morgan fingerprint density at radius 3 is 2.35 bits per heavy atom. The number of nitrogens with zero attached hydrogens (tertiary/aromatic N) is 2. The van der Waals surface area contributed by atoms with Crippen LogP contribution in [0.2, 0.25) is 10.0 Å². The van der Waals surface area contributed by atoms with Gasteiger partial charge in [0.2, 0.25) is 15.9 Å². The van der Waals surface area contributed by atoms with Crippen molar-refractivity contribution in [3.8, 4) is 0 Å². The molecule has 12 heteroatoms. The summed E-state index contributed by atoms with van der Waals surface area (Å²) in [6.45, 7) is -1.06. The first kappa shape index (κ1) is 21.2. The van der Waals surface area contributed by atoms with Crippen molar-refractivity contribution in [2.45, 2.75) is 11.1 Å². The third-order valence-corrected chi connectivity index (χ3v) is 6.31. The number of carbonyl (C=O) groups is 1. The molecule has 1 fully saturated rings. The fourth-order valence-electron chi connectivity index (χ4n) is 2.40. The predicted octanol–water partition coefficient (Wildman–Crippen LogP) is 1.98. The Hall–Kier alpha value is -1.07. The normalized spacial score (nSPS) is 17.3. The van der Waals surface area contributed by atoms with Crippen molar-refractivity contribution >= 4 is 39.1 Å². The summed E-state index contributed by atoms with van der Waals surface area (Å²) in [6.07, 6.45) is -4.47. The van der Waals surface area contributed by atoms with E-state index in [0.717, 1.165) is 0 Å². The minimum Gasteiger partial charge on any atom is -0.346 e. The zero-order valence-corrected chi connectivity index (χ0v) is 15.7. The number of amides is 1. The summed E-state index contributed by atoms with van der Waals surface area (Å²) in [6, 6.07) is 4.12. The second-order valence-electron chi connectivity index (χ2n) is 5.65. The topological polar surface area (TPSA) is 69.7 Å². The first-order valence-electron chi connectivity index (χ1n) is 7.50. The van der Waals surface area contributed by atoms with Crippen LogP contribution in [-0.2, 0) is 14.8 Å². The smallest absolute Gasteiger partial charge is 0.346 e. The Kier molecular flexibility index (Phi) is 6.78. The molecule has 26 heavy (non-hydrogen) atoms. The van der Waals surface area contributed by atoms with Crippen LogP contribution in [0.1, 0.15) is 0 Å². The van der Waals surface area contributed by atoms with Gasteiger partial charge in [0.25, 0.3) is 0 Å². The monoisotopic (exact) mass is 433 g/mol. The van der Waals surface area contributed by atoms with Crippen molar-refractivity contribution in [1.82, 2.24) is 14.5 Å². The minimum atomic E-state index is -4.47. The van der Waals surface area contributed by atoms with Gasteiger partial charge < -0.3 is 5.32 Å². The summed E-state index contributed by atoms with van der Waals surface area (Å²) in [5, 5.41) is 2.06. The largest absolute Gasteiger partial charge is 0.405 e. The van der Waals surface area contributed by atoms with Crippen molar-refractivity contribution in [3.05, 3.63) is 28.2 Å². The van der Waals surface area contributed by atoms with Crippen LogP contribution in [0, 0.1) is 0 Å². The van der Waals surface area contributed by atoms with Crippen molar-refractivity contribution in [3.63, 3.8) is 0 Å². The molecule has 1 aliphatic rings. The first-order valence-corrected chi connectivity index (χ1v) is 9.69. The molecule has 1 saturated heterocycles. The van der Waals surface area contributed by atoms with E-state index in [-0.39, 0.29) is 47.7 Å². The second kappa shape index (κ2) is 8.30. The molecule has 1 aliphatic heterocycles. The molecular formula is C14H16Cl2F3N3O3S. The number of hydrogen-bond donors (Lipinski definition) is 1. The van der Waals surface area contributed by atoms with Gasteiger partial charge in [0.15, 0.2) is 0 Å². The molecule has 1 heterocycles. The van der Waals surface area contributed by atoms with Gasteiger partial charge in [-0.3, -0.25) is 9.69 Å². The lowest BCUT2D eigenvalue weighted by Gasteiger charge is -2.33. The molecule has 0 aromatic heterocycles. The molecule has 2 rings (SSSR count). The molecular weight excluding hydrogens is 418 g/mol. The molecule has 0 aliphatic carbocycles. The maximum Gasteiger partial charge on any atom is 0.405 e. The van der Waals surface area contributed by atoms with Crippen LogP contribution in [0.25, 0.3) is 0 Å². The number of piperazine rings is 1. The Balaban J connectivity index is 1.93. The molecule has 1 N–H and O–H groups in total. The average molecular weight is 434 g/mol. The Morgan fingerprint density at radius 2 is 1.77 bits per heavy atom. The standard InChI is InChI=1S/C14H16Cl2F3N3O3S/c15-10-1-2-11(16)12(7-10)26(24,25)22-5-3-21(4-6-22)8-13(23)20-9-14(17,18)19/h1-2,7H,3-6,8-9H2,(H,20,23). The van der Waals surface area contributed by atoms with E-state index in [0.29, 0.717) is 0 Å². The summed E-state index contributed by atoms with van der Waals surface area (Å²) < 4.78 is 62.8. The first-order chi connectivity index (χ1) is 12.0. The highest BCUT2D eigenvalue weighted by molar-refractivity contribution is 7.89. The van der Waals surface area contributed by atoms with Crippen LogP contribution in [0.4, 0.5) is 13.2 Å². The lowest BCUT2D eigenvalue weighted by molar-refractivity contribution is -0.139. The van der Waals surface area contributed by atoms with Crippen LogP contribution in [-0.4, -0.2) is 69.0 Å². The van der Waals surface area contributed by atoms with E-state index < -0.39 is 28.7 Å². The van der Waals surface area contributed by atoms with Gasteiger partial charge in [-0.25, -0.2) is 8.42 Å². The van der Waals surface area contributed by atoms with E-state index >= 15 is 0 Å². The summed E-state index contributed by atoms with van der Waals surface area (Å²) in [4.78, 5) is 13.0. The van der Waals surface area contributed by atoms with Gasteiger partial charge in [-0.2, -0.15) is 17.5 Å². The highest BCUT2D eigenvalue weighted by Crippen LogP contribution is 2.28. The minimum absolute atomic E-state index is 0.0448. The van der Waals surface area contributed by atoms with E-state index in [2.05, 4.69) is 0 Å². The van der Waals surface area contributed by atoms with Gasteiger partial charge in [0.1, 0.15) is 11.4 Å². The quantitative estimate of drug-likeness (QED) is 0.770. The van der Waals surface area contributed by atoms with Crippen molar-refractivity contribution in [2.75, 3.05) is 39.3 Å². The summed E-state index contributed by atoms with van der Waals surface area (Å²) in [7, 11) is -3.86. The average Bonchev–Trinajstić information content (AvgIpc) is 2.55. The Bertz CT molecular complexity index is 766. The number of halogens is 5. The highest BCUT2D eigenvalue weighted by atomic mass is 35.5. The second-order valence-corrected chi connectivity index (χ2v) is 8.40. The molecule has 0 unspecified atom stereocenters. The lowest BCUT2D eigenvalue weighted by atomic mass is 10.3. The molecule has 1 aromatic rings. The van der Waals surface area contributed by atoms with Gasteiger partial charge in [0.05, 0.1) is 11.6 Å². The number of nitrogens with one attached hydrogen (secondary N) is 1. The van der Waals surface area contributed by atoms with Crippen molar-refractivity contribution in [2.24, 2.45) is 0 Å². The van der Waals surface area contributed by atoms with E-state index in [1.807, 2.05) is 0 Å². The summed E-state index contributed by atoms with van der Waals surface area (Å²) in [5.74, 6) is -0.767. The molecule has 0 radical (unpaired) electrons. The molecule has 0 saturated carbocycles. The molecule has 0 spiro atoms. The molecule has 146 valence electrons. The number of hydrogen-bond acceptors (Lipinski definition) is 4. The number of carbonyl (C=O) groups excluding carboxylic acids is 1. The van der Waals surface area contributed by atoms with Crippen molar-refractivity contribution in [1.29, 1.82) is 0 Å². The van der Waals surface area contributed by atoms with Crippen LogP contribution < -0.4 is 5.32 Å². The Labute approximate surface area is 158 Å². The van der Waals surface area contributed by atoms with Gasteiger partial charge in [0, 0.05) is 31.2 Å². The van der Waals surface area contributed by atoms with Gasteiger partial charge in [-0.15, -0.1) is 0 Å². The van der Waals surface area contributed by atoms with E-state index in [1.54, 1.807) is 10.2 Å². The van der Waals surface area contributed by atoms with Crippen LogP contribution in [0.3, 0.4) is 0 Å². The maximum atomic E-state index is 12.7. The molecule has 1 amide bonds. The zero-order valence-electron chi connectivity index (χ0n) is 13.4. The van der Waals surface area contributed by atoms with Crippen molar-refractivity contribution < 1.29 is 26.4 Å². The zero-order chi connectivity index (χ0) is 19.5. The highest BCUT2D eigenvalue weighted by Gasteiger charge is 2.31. The fourth-order valence-corrected chi connectivity index (χ4v) is 4.56. The number of alkyl halides is 3. The number of benzene rings is 1. The van der Waals surface area contributed by atoms with Crippen LogP contribution >= 0.6 is 23.2 Å². The molecule has 0 atom stereocenters. The van der Waals surface area contributed by atoms with E-state index in [4.69, 9.17) is 23.2 Å². The van der Waals surface area contributed by atoms with Crippen LogP contribution in [0.15, 0.2) is 23.1 Å². The lowest BCUT2D eigenvalue weighted by Crippen LogP contribution is -2.51. The molecule has 0 bridgehead atoms. The molecule has 1 aromatic carbocycles. The van der Waals surface area contributed by atoms with E-state index in [1.165, 1.54) is 22.5 Å². The predicted molar refractivity (Wildman–Crippen MR) is 90.7 cm³/mol. The van der Waals surface area contributed by atoms with Crippen LogP contribution in [0.5, 0.6) is 0 Å². The fraction of sp³-hybridized carbons (Fsp3) is 0.500. The summed E-state index contributed by atoms with van der Waals surface area (Å²) in [5.41, 5.74) is 0. The summed E-state index contributed by atoms with van der Waals surface area (Å²) >= 11 is 11.8. The van der Waals surface area contributed by atoms with Gasteiger partial charge in [-0.1, -0.05) is 23.2 Å². The van der Waals surface area contributed by atoms with Gasteiger partial charge in [-0.05, 0) is 18.2 Å². The maximum absolute atomic E-state index is 12.7. The number of rotatable bonds is 5. The van der Waals surface area contributed by atoms with Gasteiger partial charge >= 0.3 is 6.18 Å². The third kappa shape index (κ3) is 5.71. The SMILES string of the molecule is O=C(CN1CCN(S(=O)(=O)c2cc(Cl)ccc2Cl)CC1)NCC(F)(F)F.